The Morgan fingerprint density at radius 3 is 2.50 bits per heavy atom. The average molecular weight is 925 g/mol. The Labute approximate surface area is 398 Å². The van der Waals surface area contributed by atoms with Crippen LogP contribution in [-0.4, -0.2) is 91.8 Å². The van der Waals surface area contributed by atoms with Crippen LogP contribution in [0.15, 0.2) is 78.4 Å². The van der Waals surface area contributed by atoms with Crippen molar-refractivity contribution in [3.8, 4) is 11.3 Å². The van der Waals surface area contributed by atoms with Crippen molar-refractivity contribution in [3.05, 3.63) is 118 Å². The zero-order valence-electron chi connectivity index (χ0n) is 40.7. The number of pyridine rings is 1. The summed E-state index contributed by atoms with van der Waals surface area (Å²) in [6.07, 6.45) is 8.30. The van der Waals surface area contributed by atoms with Gasteiger partial charge in [-0.25, -0.2) is 14.4 Å². The summed E-state index contributed by atoms with van der Waals surface area (Å²) >= 11 is 0. The molecule has 3 aliphatic heterocycles. The largest absolute Gasteiger partial charge is 0.392 e. The highest BCUT2D eigenvalue weighted by atomic mass is 19.1. The lowest BCUT2D eigenvalue weighted by molar-refractivity contribution is -0.111. The maximum atomic E-state index is 14.8. The Balaban J connectivity index is 0.922. The zero-order valence-corrected chi connectivity index (χ0v) is 40.7. The summed E-state index contributed by atoms with van der Waals surface area (Å²) < 4.78 is 18.4. The maximum Gasteiger partial charge on any atom is 0.293 e. The third-order valence-corrected chi connectivity index (χ3v) is 14.5. The number of aliphatic hydroxyl groups is 1. The van der Waals surface area contributed by atoms with Gasteiger partial charge >= 0.3 is 0 Å². The second kappa shape index (κ2) is 18.0. The summed E-state index contributed by atoms with van der Waals surface area (Å²) in [6, 6.07) is 15.8. The molecule has 3 aromatic heterocycles. The first-order valence-corrected chi connectivity index (χ1v) is 24.0. The van der Waals surface area contributed by atoms with Crippen LogP contribution in [0.1, 0.15) is 94.2 Å². The predicted molar refractivity (Wildman–Crippen MR) is 268 cm³/mol. The fourth-order valence-corrected chi connectivity index (χ4v) is 11.1. The first kappa shape index (κ1) is 46.8. The van der Waals surface area contributed by atoms with Crippen molar-refractivity contribution in [3.63, 3.8) is 0 Å². The second-order valence-corrected chi connectivity index (χ2v) is 21.1. The lowest BCUT2D eigenvalue weighted by atomic mass is 9.86. The molecule has 0 saturated carbocycles. The van der Waals surface area contributed by atoms with Gasteiger partial charge in [-0.3, -0.25) is 24.2 Å². The molecule has 0 spiro atoms. The number of rotatable bonds is 10. The normalized spacial score (nSPS) is 20.6. The smallest absolute Gasteiger partial charge is 0.293 e. The molecule has 4 aliphatic rings. The van der Waals surface area contributed by atoms with E-state index in [1.807, 2.05) is 51.1 Å². The Morgan fingerprint density at radius 1 is 0.985 bits per heavy atom. The number of anilines is 6. The van der Waals surface area contributed by atoms with Crippen molar-refractivity contribution in [1.82, 2.24) is 24.0 Å². The molecule has 358 valence electrons. The van der Waals surface area contributed by atoms with Crippen molar-refractivity contribution < 1.29 is 19.1 Å². The number of amides is 2. The van der Waals surface area contributed by atoms with Crippen LogP contribution in [-0.2, 0) is 43.3 Å². The van der Waals surface area contributed by atoms with Crippen LogP contribution in [0.5, 0.6) is 0 Å². The highest BCUT2D eigenvalue weighted by Crippen LogP contribution is 2.41. The lowest BCUT2D eigenvalue weighted by Gasteiger charge is -2.48. The van der Waals surface area contributed by atoms with Gasteiger partial charge in [0.2, 0.25) is 5.91 Å². The number of hydrogen-bond donors (Lipinski definition) is 3. The number of aliphatic hydroxyl groups excluding tert-OH is 1. The van der Waals surface area contributed by atoms with Gasteiger partial charge in [0.15, 0.2) is 5.82 Å². The van der Waals surface area contributed by atoms with Crippen LogP contribution >= 0.6 is 0 Å². The topological polar surface area (TPSA) is 144 Å². The molecule has 2 saturated heterocycles. The standard InChI is InChI=1S/C53H65FN10O4/c1-10-47(66)57-42-25-35(11-14-44(42)62-20-19-60(29-33(62)3)36-16-18-61(32(2)23-36)37-12-13-41(54)40(26-37)52(4,5)6)56-48-51(68)59(9)30-43(58-48)38-15-17-55-49(39(38)31-65)64-22-21-63-45(50(64)67)24-34-27-53(7,8)28-46(34)63/h10-15,17,24-26,30,32-33,36,65H,1,16,18-23,27-29,31H2,2-9H3,(H,56,58)(H,57,66)/t32-,33-,36?/m0/s1. The van der Waals surface area contributed by atoms with Gasteiger partial charge in [-0.15, -0.1) is 0 Å². The summed E-state index contributed by atoms with van der Waals surface area (Å²) in [5.74, 6) is -0.282. The first-order chi connectivity index (χ1) is 32.3. The number of aryl methyl sites for hydroxylation is 1. The van der Waals surface area contributed by atoms with Gasteiger partial charge < -0.3 is 34.7 Å². The number of hydrogen-bond acceptors (Lipinski definition) is 10. The molecule has 1 unspecified atom stereocenters. The summed E-state index contributed by atoms with van der Waals surface area (Å²) in [6.45, 7) is 22.7. The van der Waals surface area contributed by atoms with E-state index in [0.717, 1.165) is 68.8 Å². The number of nitrogens with one attached hydrogen (secondary N) is 2. The summed E-state index contributed by atoms with van der Waals surface area (Å²) in [7, 11) is 1.64. The molecule has 5 aromatic rings. The van der Waals surface area contributed by atoms with E-state index < -0.39 is 6.61 Å². The molecule has 6 heterocycles. The number of piperidine rings is 1. The molecule has 3 N–H and O–H groups in total. The number of halogens is 1. The molecule has 1 aliphatic carbocycles. The minimum absolute atomic E-state index is 0.0432. The fourth-order valence-electron chi connectivity index (χ4n) is 11.1. The van der Waals surface area contributed by atoms with Crippen LogP contribution in [0.25, 0.3) is 11.3 Å². The van der Waals surface area contributed by atoms with E-state index in [0.29, 0.717) is 64.9 Å². The summed E-state index contributed by atoms with van der Waals surface area (Å²) in [5.41, 5.74) is 7.72. The number of nitrogens with zero attached hydrogens (tertiary/aromatic N) is 8. The molecule has 3 atom stereocenters. The van der Waals surface area contributed by atoms with Gasteiger partial charge in [-0.2, -0.15) is 0 Å². The molecular formula is C53H65FN10O4. The molecule has 0 radical (unpaired) electrons. The molecule has 2 fully saturated rings. The Bertz CT molecular complexity index is 2860. The molecule has 2 aromatic carbocycles. The molecule has 14 nitrogen and oxygen atoms in total. The van der Waals surface area contributed by atoms with E-state index in [2.05, 4.69) is 69.2 Å². The lowest BCUT2D eigenvalue weighted by Crippen LogP contribution is -2.58. The molecule has 9 rings (SSSR count). The van der Waals surface area contributed by atoms with E-state index >= 15 is 0 Å². The van der Waals surface area contributed by atoms with E-state index in [9.17, 15) is 23.9 Å². The number of carbonyl (C=O) groups is 2. The number of piperazine rings is 1. The van der Waals surface area contributed by atoms with Crippen molar-refractivity contribution >= 4 is 46.2 Å². The summed E-state index contributed by atoms with van der Waals surface area (Å²) in [5, 5.41) is 17.1. The molecule has 2 amide bonds. The number of aromatic nitrogens is 4. The number of fused-ring (bicyclic) bond motifs is 3. The van der Waals surface area contributed by atoms with E-state index in [1.54, 1.807) is 42.5 Å². The predicted octanol–water partition coefficient (Wildman–Crippen LogP) is 7.79. The van der Waals surface area contributed by atoms with Gasteiger partial charge in [-0.1, -0.05) is 41.2 Å². The Morgan fingerprint density at radius 2 is 1.78 bits per heavy atom. The fraction of sp³-hybridized carbons (Fsp3) is 0.453. The molecule has 68 heavy (non-hydrogen) atoms. The zero-order chi connectivity index (χ0) is 48.4. The van der Waals surface area contributed by atoms with E-state index in [-0.39, 0.29) is 45.9 Å². The van der Waals surface area contributed by atoms with Gasteiger partial charge in [0.25, 0.3) is 11.5 Å². The minimum atomic E-state index is -0.407. The number of carbonyl (C=O) groups excluding carboxylic acids is 2. The average Bonchev–Trinajstić information content (AvgIpc) is 3.79. The Kier molecular flexibility index (Phi) is 12.4. The third kappa shape index (κ3) is 8.82. The van der Waals surface area contributed by atoms with Gasteiger partial charge in [-0.05, 0) is 116 Å². The van der Waals surface area contributed by atoms with Gasteiger partial charge in [0.1, 0.15) is 17.3 Å². The quantitative estimate of drug-likeness (QED) is 0.119. The van der Waals surface area contributed by atoms with Gasteiger partial charge in [0, 0.05) is 105 Å². The van der Waals surface area contributed by atoms with Crippen LogP contribution in [0.3, 0.4) is 0 Å². The Hall–Kier alpha value is -6.32. The third-order valence-electron chi connectivity index (χ3n) is 14.5. The van der Waals surface area contributed by atoms with Gasteiger partial charge in [0.05, 0.1) is 23.7 Å². The molecule has 15 heteroatoms. The summed E-state index contributed by atoms with van der Waals surface area (Å²) in [4.78, 5) is 59.0. The van der Waals surface area contributed by atoms with Crippen molar-refractivity contribution in [2.45, 2.75) is 111 Å². The van der Waals surface area contributed by atoms with Crippen LogP contribution in [0.2, 0.25) is 0 Å². The van der Waals surface area contributed by atoms with E-state index in [4.69, 9.17) is 4.98 Å². The van der Waals surface area contributed by atoms with Crippen LogP contribution in [0.4, 0.5) is 38.8 Å². The van der Waals surface area contributed by atoms with Crippen LogP contribution < -0.4 is 30.9 Å². The monoisotopic (exact) mass is 925 g/mol. The van der Waals surface area contributed by atoms with Crippen LogP contribution in [0, 0.1) is 11.2 Å². The molecule has 0 bridgehead atoms. The highest BCUT2D eigenvalue weighted by Gasteiger charge is 2.38. The van der Waals surface area contributed by atoms with Crippen molar-refractivity contribution in [1.29, 1.82) is 0 Å². The second-order valence-electron chi connectivity index (χ2n) is 21.1. The van der Waals surface area contributed by atoms with Crippen molar-refractivity contribution in [2.75, 3.05) is 58.1 Å². The maximum absolute atomic E-state index is 14.8. The van der Waals surface area contributed by atoms with Crippen molar-refractivity contribution in [2.24, 2.45) is 12.5 Å². The minimum Gasteiger partial charge on any atom is -0.392 e. The SMILES string of the molecule is C=CC(=O)Nc1cc(Nc2nc(-c3ccnc(N4CCn5c(cc6c5CC(C)(C)C6)C4=O)c3CO)cn(C)c2=O)ccc1N1CCN(C2CCN(c3ccc(F)c(C(C)(C)C)c3)[C@@H](C)C2)C[C@@H]1C. The van der Waals surface area contributed by atoms with E-state index in [1.165, 1.54) is 21.9 Å². The first-order valence-electron chi connectivity index (χ1n) is 24.0. The molecular weight excluding hydrogens is 860 g/mol. The number of benzene rings is 2. The highest BCUT2D eigenvalue weighted by molar-refractivity contribution is 6.06.